The lowest BCUT2D eigenvalue weighted by atomic mass is 9.82. The zero-order valence-corrected chi connectivity index (χ0v) is 12.2. The summed E-state index contributed by atoms with van der Waals surface area (Å²) in [5, 5.41) is 0. The Bertz CT molecular complexity index is 365. The average Bonchev–Trinajstić information content (AvgIpc) is 2.14. The van der Waals surface area contributed by atoms with Gasteiger partial charge in [0.05, 0.1) is 0 Å². The molecule has 0 heterocycles. The van der Waals surface area contributed by atoms with Crippen LogP contribution in [0.15, 0.2) is 12.1 Å². The fourth-order valence-electron chi connectivity index (χ4n) is 1.94. The zero-order chi connectivity index (χ0) is 13.4. The van der Waals surface area contributed by atoms with Gasteiger partial charge in [-0.15, -0.1) is 0 Å². The van der Waals surface area contributed by atoms with Crippen LogP contribution in [0.25, 0.3) is 0 Å². The maximum Gasteiger partial charge on any atom is 0.130 e. The van der Waals surface area contributed by atoms with E-state index < -0.39 is 0 Å². The molecule has 1 heteroatoms. The molecule has 0 spiro atoms. The number of benzene rings is 1. The highest BCUT2D eigenvalue weighted by atomic mass is 19.1. The lowest BCUT2D eigenvalue weighted by Crippen LogP contribution is -2.14. The molecule has 0 saturated heterocycles. The number of rotatable bonds is 2. The van der Waals surface area contributed by atoms with Gasteiger partial charge in [-0.1, -0.05) is 60.6 Å². The Hall–Kier alpha value is -0.850. The first kappa shape index (κ1) is 14.2. The van der Waals surface area contributed by atoms with Crippen LogP contribution in [0.3, 0.4) is 0 Å². The van der Waals surface area contributed by atoms with Gasteiger partial charge in [-0.25, -0.2) is 4.39 Å². The zero-order valence-electron chi connectivity index (χ0n) is 12.2. The van der Waals surface area contributed by atoms with Gasteiger partial charge in [0.1, 0.15) is 5.82 Å². The van der Waals surface area contributed by atoms with Gasteiger partial charge in [0.2, 0.25) is 0 Å². The van der Waals surface area contributed by atoms with Crippen molar-refractivity contribution in [2.45, 2.75) is 65.7 Å². The van der Waals surface area contributed by atoms with E-state index in [-0.39, 0.29) is 23.1 Å². The van der Waals surface area contributed by atoms with Crippen molar-refractivity contribution in [2.75, 3.05) is 0 Å². The first-order valence-corrected chi connectivity index (χ1v) is 6.48. The summed E-state index contributed by atoms with van der Waals surface area (Å²) in [5.41, 5.74) is 3.00. The number of hydrogen-bond acceptors (Lipinski definition) is 0. The van der Waals surface area contributed by atoms with Crippen LogP contribution in [0.4, 0.5) is 4.39 Å². The molecule has 96 valence electrons. The van der Waals surface area contributed by atoms with Crippen LogP contribution in [-0.2, 0) is 5.41 Å². The molecule has 0 radical (unpaired) electrons. The fraction of sp³-hybridized carbons (Fsp3) is 0.625. The van der Waals surface area contributed by atoms with Gasteiger partial charge in [0, 0.05) is 0 Å². The largest absolute Gasteiger partial charge is 0.206 e. The Morgan fingerprint density at radius 1 is 0.882 bits per heavy atom. The quantitative estimate of drug-likeness (QED) is 0.647. The van der Waals surface area contributed by atoms with E-state index in [2.05, 4.69) is 48.5 Å². The third-order valence-corrected chi connectivity index (χ3v) is 3.24. The second kappa shape index (κ2) is 4.80. The first-order valence-electron chi connectivity index (χ1n) is 6.48. The van der Waals surface area contributed by atoms with Crippen LogP contribution in [-0.4, -0.2) is 0 Å². The van der Waals surface area contributed by atoms with Gasteiger partial charge in [-0.2, -0.15) is 0 Å². The molecule has 0 aliphatic heterocycles. The summed E-state index contributed by atoms with van der Waals surface area (Å²) in [5.74, 6) is 0.451. The van der Waals surface area contributed by atoms with Crippen molar-refractivity contribution in [2.24, 2.45) is 0 Å². The van der Waals surface area contributed by atoms with E-state index in [4.69, 9.17) is 0 Å². The molecule has 0 atom stereocenters. The van der Waals surface area contributed by atoms with E-state index in [0.717, 1.165) is 11.1 Å². The van der Waals surface area contributed by atoms with Gasteiger partial charge >= 0.3 is 0 Å². The highest BCUT2D eigenvalue weighted by molar-refractivity contribution is 5.38. The van der Waals surface area contributed by atoms with Crippen molar-refractivity contribution < 1.29 is 4.39 Å². The average molecular weight is 236 g/mol. The minimum atomic E-state index is -0.0111. The third kappa shape index (κ3) is 3.08. The predicted molar refractivity (Wildman–Crippen MR) is 73.3 cm³/mol. The maximum atomic E-state index is 14.3. The minimum absolute atomic E-state index is 0.0111. The smallest absolute Gasteiger partial charge is 0.130 e. The second-order valence-electron chi connectivity index (χ2n) is 6.53. The van der Waals surface area contributed by atoms with Crippen molar-refractivity contribution in [1.82, 2.24) is 0 Å². The summed E-state index contributed by atoms with van der Waals surface area (Å²) in [6, 6.07) is 4.07. The van der Waals surface area contributed by atoms with Gasteiger partial charge in [0.15, 0.2) is 0 Å². The van der Waals surface area contributed by atoms with E-state index in [9.17, 15) is 4.39 Å². The molecule has 0 amide bonds. The van der Waals surface area contributed by atoms with E-state index in [1.165, 1.54) is 5.56 Å². The van der Waals surface area contributed by atoms with E-state index >= 15 is 0 Å². The Balaban J connectivity index is 3.48. The van der Waals surface area contributed by atoms with Crippen LogP contribution in [0.2, 0.25) is 0 Å². The van der Waals surface area contributed by atoms with E-state index in [0.29, 0.717) is 0 Å². The van der Waals surface area contributed by atoms with Crippen LogP contribution in [0, 0.1) is 5.82 Å². The molecule has 0 saturated carbocycles. The summed E-state index contributed by atoms with van der Waals surface area (Å²) in [7, 11) is 0. The van der Waals surface area contributed by atoms with E-state index in [1.807, 2.05) is 12.1 Å². The first-order chi connectivity index (χ1) is 7.64. The maximum absolute atomic E-state index is 14.3. The molecule has 1 aromatic carbocycles. The Labute approximate surface area is 105 Å². The Morgan fingerprint density at radius 2 is 1.24 bits per heavy atom. The van der Waals surface area contributed by atoms with Crippen LogP contribution in [0.1, 0.15) is 77.0 Å². The molecular formula is C16H25F. The molecule has 0 nitrogen and oxygen atoms in total. The molecule has 0 bridgehead atoms. The van der Waals surface area contributed by atoms with Crippen LogP contribution >= 0.6 is 0 Å². The molecule has 0 unspecified atom stereocenters. The topological polar surface area (TPSA) is 0 Å². The molecule has 0 aliphatic carbocycles. The highest BCUT2D eigenvalue weighted by Gasteiger charge is 2.21. The molecule has 0 fully saturated rings. The van der Waals surface area contributed by atoms with Crippen LogP contribution < -0.4 is 0 Å². The number of hydrogen-bond donors (Lipinski definition) is 0. The monoisotopic (exact) mass is 236 g/mol. The van der Waals surface area contributed by atoms with Crippen molar-refractivity contribution in [3.63, 3.8) is 0 Å². The molecular weight excluding hydrogens is 211 g/mol. The molecule has 1 rings (SSSR count). The van der Waals surface area contributed by atoms with Crippen molar-refractivity contribution in [3.8, 4) is 0 Å². The standard InChI is InChI=1S/C16H25F/c1-10(2)13-8-12(16(5,6)7)9-14(11(3)4)15(13)17/h8-11H,1-7H3. The summed E-state index contributed by atoms with van der Waals surface area (Å²) in [4.78, 5) is 0. The predicted octanol–water partition coefficient (Wildman–Crippen LogP) is 5.37. The van der Waals surface area contributed by atoms with Gasteiger partial charge in [-0.3, -0.25) is 0 Å². The Kier molecular flexibility index (Phi) is 4.01. The molecule has 0 aliphatic rings. The van der Waals surface area contributed by atoms with Crippen LogP contribution in [0.5, 0.6) is 0 Å². The highest BCUT2D eigenvalue weighted by Crippen LogP contribution is 2.32. The normalized spacial score (nSPS) is 12.6. The van der Waals surface area contributed by atoms with E-state index in [1.54, 1.807) is 0 Å². The lowest BCUT2D eigenvalue weighted by molar-refractivity contribution is 0.552. The van der Waals surface area contributed by atoms with Crippen molar-refractivity contribution in [3.05, 3.63) is 34.6 Å². The van der Waals surface area contributed by atoms with Gasteiger partial charge < -0.3 is 0 Å². The Morgan fingerprint density at radius 3 is 1.47 bits per heavy atom. The summed E-state index contributed by atoms with van der Waals surface area (Å²) in [6.07, 6.45) is 0. The second-order valence-corrected chi connectivity index (χ2v) is 6.53. The fourth-order valence-corrected chi connectivity index (χ4v) is 1.94. The van der Waals surface area contributed by atoms with Gasteiger partial charge in [0.25, 0.3) is 0 Å². The molecule has 0 N–H and O–H groups in total. The molecule has 17 heavy (non-hydrogen) atoms. The summed E-state index contributed by atoms with van der Waals surface area (Å²) in [6.45, 7) is 14.7. The summed E-state index contributed by atoms with van der Waals surface area (Å²) < 4.78 is 14.3. The SMILES string of the molecule is CC(C)c1cc(C(C)(C)C)cc(C(C)C)c1F. The minimum Gasteiger partial charge on any atom is -0.206 e. The van der Waals surface area contributed by atoms with Gasteiger partial charge in [-0.05, 0) is 33.9 Å². The van der Waals surface area contributed by atoms with Crippen molar-refractivity contribution >= 4 is 0 Å². The molecule has 0 aromatic heterocycles. The summed E-state index contributed by atoms with van der Waals surface area (Å²) >= 11 is 0. The third-order valence-electron chi connectivity index (χ3n) is 3.24. The number of halogens is 1. The lowest BCUT2D eigenvalue weighted by Gasteiger charge is -2.24. The van der Waals surface area contributed by atoms with Crippen molar-refractivity contribution in [1.29, 1.82) is 0 Å². The molecule has 1 aromatic rings.